The summed E-state index contributed by atoms with van der Waals surface area (Å²) in [5.74, 6) is -0.352. The van der Waals surface area contributed by atoms with Gasteiger partial charge in [-0.25, -0.2) is 9.78 Å². The molecule has 0 radical (unpaired) electrons. The van der Waals surface area contributed by atoms with E-state index in [2.05, 4.69) is 16.0 Å². The van der Waals surface area contributed by atoms with Gasteiger partial charge in [-0.15, -0.1) is 11.3 Å². The Morgan fingerprint density at radius 2 is 2.38 bits per heavy atom. The highest BCUT2D eigenvalue weighted by Crippen LogP contribution is 2.34. The van der Waals surface area contributed by atoms with Gasteiger partial charge in [0.2, 0.25) is 5.01 Å². The first kappa shape index (κ1) is 13.9. The normalized spacial score (nSPS) is 13.3. The van der Waals surface area contributed by atoms with Crippen molar-refractivity contribution in [3.63, 3.8) is 0 Å². The van der Waals surface area contributed by atoms with Crippen LogP contribution in [-0.2, 0) is 17.7 Å². The highest BCUT2D eigenvalue weighted by Gasteiger charge is 2.22. The summed E-state index contributed by atoms with van der Waals surface area (Å²) < 4.78 is 4.96. The third kappa shape index (κ3) is 2.71. The van der Waals surface area contributed by atoms with E-state index in [0.717, 1.165) is 30.0 Å². The lowest BCUT2D eigenvalue weighted by Gasteiger charge is -2.19. The van der Waals surface area contributed by atoms with E-state index in [4.69, 9.17) is 10.5 Å². The number of fused-ring (bicyclic) bond motifs is 1. The molecule has 0 bridgehead atoms. The van der Waals surface area contributed by atoms with Crippen LogP contribution in [0.2, 0.25) is 0 Å². The average Bonchev–Trinajstić information content (AvgIpc) is 3.08. The number of nitrogens with two attached hydrogens (primary N) is 1. The number of benzene rings is 1. The van der Waals surface area contributed by atoms with Crippen LogP contribution in [0, 0.1) is 0 Å². The molecule has 2 aromatic rings. The van der Waals surface area contributed by atoms with Gasteiger partial charge in [-0.2, -0.15) is 0 Å². The van der Waals surface area contributed by atoms with Crippen molar-refractivity contribution < 1.29 is 9.53 Å². The Bertz CT molecular complexity index is 669. The van der Waals surface area contributed by atoms with Crippen LogP contribution in [0.4, 0.5) is 11.4 Å². The second-order valence-corrected chi connectivity index (χ2v) is 5.75. The van der Waals surface area contributed by atoms with Crippen molar-refractivity contribution in [2.45, 2.75) is 19.9 Å². The molecule has 3 rings (SSSR count). The number of rotatable bonds is 4. The number of carbonyl (C=O) groups is 1. The molecule has 0 saturated heterocycles. The molecule has 1 aromatic carbocycles. The van der Waals surface area contributed by atoms with Crippen molar-refractivity contribution in [1.29, 1.82) is 0 Å². The van der Waals surface area contributed by atoms with Crippen molar-refractivity contribution in [2.75, 3.05) is 23.8 Å². The van der Waals surface area contributed by atoms with E-state index in [9.17, 15) is 4.79 Å². The van der Waals surface area contributed by atoms with Gasteiger partial charge >= 0.3 is 5.97 Å². The van der Waals surface area contributed by atoms with Gasteiger partial charge < -0.3 is 15.4 Å². The minimum atomic E-state index is -0.352. The molecule has 0 amide bonds. The molecule has 1 aliphatic heterocycles. The predicted octanol–water partition coefficient (Wildman–Crippen LogP) is 2.46. The van der Waals surface area contributed by atoms with Crippen molar-refractivity contribution in [3.8, 4) is 0 Å². The van der Waals surface area contributed by atoms with E-state index in [0.29, 0.717) is 18.2 Å². The van der Waals surface area contributed by atoms with Crippen LogP contribution >= 0.6 is 11.3 Å². The van der Waals surface area contributed by atoms with Crippen LogP contribution in [0.1, 0.15) is 28.0 Å². The number of nitrogen functional groups attached to an aromatic ring is 1. The van der Waals surface area contributed by atoms with Gasteiger partial charge in [-0.05, 0) is 25.0 Å². The molecule has 1 aromatic heterocycles. The zero-order chi connectivity index (χ0) is 14.8. The van der Waals surface area contributed by atoms with E-state index in [-0.39, 0.29) is 5.97 Å². The zero-order valence-corrected chi connectivity index (χ0v) is 12.7. The maximum absolute atomic E-state index is 11.6. The minimum absolute atomic E-state index is 0.352. The lowest BCUT2D eigenvalue weighted by atomic mass is 10.1. The number of hydrogen-bond donors (Lipinski definition) is 1. The highest BCUT2D eigenvalue weighted by molar-refractivity contribution is 7.11. The standard InChI is InChI=1S/C15H17N3O2S/c1-2-20-15(19)14-17-11(9-21-14)8-18-7-6-10-4-3-5-12(16)13(10)18/h3-5,9H,2,6-8,16H2,1H3. The first-order chi connectivity index (χ1) is 10.2. The number of aromatic nitrogens is 1. The molecular formula is C15H17N3O2S. The lowest BCUT2D eigenvalue weighted by molar-refractivity contribution is 0.0525. The monoisotopic (exact) mass is 303 g/mol. The number of anilines is 2. The lowest BCUT2D eigenvalue weighted by Crippen LogP contribution is -2.21. The number of carbonyl (C=O) groups excluding carboxylic acids is 1. The second-order valence-electron chi connectivity index (χ2n) is 4.89. The summed E-state index contributed by atoms with van der Waals surface area (Å²) in [6.45, 7) is 3.74. The van der Waals surface area contributed by atoms with Gasteiger partial charge in [-0.1, -0.05) is 12.1 Å². The Kier molecular flexibility index (Phi) is 3.79. The molecule has 21 heavy (non-hydrogen) atoms. The van der Waals surface area contributed by atoms with E-state index in [1.165, 1.54) is 16.9 Å². The number of thiazole rings is 1. The molecule has 2 N–H and O–H groups in total. The van der Waals surface area contributed by atoms with Crippen LogP contribution in [0.3, 0.4) is 0 Å². The fourth-order valence-corrected chi connectivity index (χ4v) is 3.29. The Balaban J connectivity index is 1.76. The topological polar surface area (TPSA) is 68.5 Å². The molecule has 6 heteroatoms. The molecule has 0 atom stereocenters. The summed E-state index contributed by atoms with van der Waals surface area (Å²) in [7, 11) is 0. The molecule has 2 heterocycles. The Labute approximate surface area is 127 Å². The summed E-state index contributed by atoms with van der Waals surface area (Å²) in [5, 5.41) is 2.32. The smallest absolute Gasteiger partial charge is 0.367 e. The molecule has 110 valence electrons. The van der Waals surface area contributed by atoms with E-state index >= 15 is 0 Å². The third-order valence-electron chi connectivity index (χ3n) is 3.47. The minimum Gasteiger partial charge on any atom is -0.461 e. The largest absolute Gasteiger partial charge is 0.461 e. The number of ether oxygens (including phenoxy) is 1. The summed E-state index contributed by atoms with van der Waals surface area (Å²) in [5.41, 5.74) is 10.1. The Hall–Kier alpha value is -2.08. The molecular weight excluding hydrogens is 286 g/mol. The first-order valence-corrected chi connectivity index (χ1v) is 7.81. The quantitative estimate of drug-likeness (QED) is 0.694. The van der Waals surface area contributed by atoms with Gasteiger partial charge in [0.15, 0.2) is 0 Å². The van der Waals surface area contributed by atoms with Crippen LogP contribution < -0.4 is 10.6 Å². The van der Waals surface area contributed by atoms with Gasteiger partial charge in [0, 0.05) is 11.9 Å². The second kappa shape index (κ2) is 5.73. The van der Waals surface area contributed by atoms with Crippen LogP contribution in [-0.4, -0.2) is 24.1 Å². The van der Waals surface area contributed by atoms with Gasteiger partial charge in [0.25, 0.3) is 0 Å². The van der Waals surface area contributed by atoms with Crippen molar-refractivity contribution >= 4 is 28.7 Å². The average molecular weight is 303 g/mol. The number of para-hydroxylation sites is 1. The fraction of sp³-hybridized carbons (Fsp3) is 0.333. The maximum Gasteiger partial charge on any atom is 0.367 e. The van der Waals surface area contributed by atoms with Gasteiger partial charge in [-0.3, -0.25) is 0 Å². The SMILES string of the molecule is CCOC(=O)c1nc(CN2CCc3cccc(N)c32)cs1. The molecule has 0 saturated carbocycles. The Morgan fingerprint density at radius 3 is 3.19 bits per heavy atom. The molecule has 5 nitrogen and oxygen atoms in total. The fourth-order valence-electron chi connectivity index (χ4n) is 2.59. The molecule has 0 fully saturated rings. The van der Waals surface area contributed by atoms with E-state index in [1.54, 1.807) is 6.92 Å². The summed E-state index contributed by atoms with van der Waals surface area (Å²) in [6.07, 6.45) is 0.995. The molecule has 1 aliphatic rings. The molecule has 0 aliphatic carbocycles. The van der Waals surface area contributed by atoms with E-state index in [1.807, 2.05) is 17.5 Å². The van der Waals surface area contributed by atoms with E-state index < -0.39 is 0 Å². The van der Waals surface area contributed by atoms with Crippen molar-refractivity contribution in [3.05, 3.63) is 39.8 Å². The first-order valence-electron chi connectivity index (χ1n) is 6.93. The van der Waals surface area contributed by atoms with Crippen molar-refractivity contribution in [2.24, 2.45) is 0 Å². The van der Waals surface area contributed by atoms with Crippen molar-refractivity contribution in [1.82, 2.24) is 4.98 Å². The third-order valence-corrected chi connectivity index (χ3v) is 4.34. The molecule has 0 unspecified atom stereocenters. The Morgan fingerprint density at radius 1 is 1.52 bits per heavy atom. The summed E-state index contributed by atoms with van der Waals surface area (Å²) in [6, 6.07) is 6.01. The maximum atomic E-state index is 11.6. The van der Waals surface area contributed by atoms with Crippen LogP contribution in [0.25, 0.3) is 0 Å². The van der Waals surface area contributed by atoms with Gasteiger partial charge in [0.1, 0.15) is 0 Å². The number of hydrogen-bond acceptors (Lipinski definition) is 6. The van der Waals surface area contributed by atoms with Crippen LogP contribution in [0.5, 0.6) is 0 Å². The number of nitrogens with zero attached hydrogens (tertiary/aromatic N) is 2. The zero-order valence-electron chi connectivity index (χ0n) is 11.8. The summed E-state index contributed by atoms with van der Waals surface area (Å²) >= 11 is 1.32. The number of esters is 1. The molecule has 0 spiro atoms. The summed E-state index contributed by atoms with van der Waals surface area (Å²) in [4.78, 5) is 18.2. The highest BCUT2D eigenvalue weighted by atomic mass is 32.1. The predicted molar refractivity (Wildman–Crippen MR) is 83.7 cm³/mol. The van der Waals surface area contributed by atoms with Crippen LogP contribution in [0.15, 0.2) is 23.6 Å². The van der Waals surface area contributed by atoms with Gasteiger partial charge in [0.05, 0.1) is 30.2 Å².